The van der Waals surface area contributed by atoms with Crippen molar-refractivity contribution in [3.05, 3.63) is 36.7 Å². The molecule has 0 amide bonds. The van der Waals surface area contributed by atoms with E-state index < -0.39 is 0 Å². The first-order chi connectivity index (χ1) is 9.83. The number of hydrogen-bond donors (Lipinski definition) is 3. The maximum Gasteiger partial charge on any atom is 0.159 e. The third-order valence-corrected chi connectivity index (χ3v) is 3.62. The van der Waals surface area contributed by atoms with Gasteiger partial charge in [-0.1, -0.05) is 31.0 Å². The van der Waals surface area contributed by atoms with Crippen molar-refractivity contribution in [1.29, 1.82) is 0 Å². The van der Waals surface area contributed by atoms with Gasteiger partial charge in [-0.05, 0) is 25.0 Å². The third kappa shape index (κ3) is 2.82. The highest BCUT2D eigenvalue weighted by molar-refractivity contribution is 5.77. The molecule has 1 aromatic carbocycles. The molecule has 1 fully saturated rings. The summed E-state index contributed by atoms with van der Waals surface area (Å²) in [7, 11) is 0. The fourth-order valence-corrected chi connectivity index (χ4v) is 2.53. The van der Waals surface area contributed by atoms with Crippen LogP contribution in [0.4, 0.5) is 23.0 Å². The molecule has 5 nitrogen and oxygen atoms in total. The van der Waals surface area contributed by atoms with Gasteiger partial charge < -0.3 is 16.4 Å². The average molecular weight is 269 g/mol. The van der Waals surface area contributed by atoms with E-state index in [2.05, 4.69) is 20.6 Å². The zero-order chi connectivity index (χ0) is 13.8. The predicted octanol–water partition coefficient (Wildman–Crippen LogP) is 3.16. The highest BCUT2D eigenvalue weighted by atomic mass is 15.1. The molecule has 2 aromatic rings. The number of nitrogen functional groups attached to an aromatic ring is 1. The number of nitrogens with one attached hydrogen (secondary N) is 2. The molecule has 20 heavy (non-hydrogen) atoms. The molecule has 4 N–H and O–H groups in total. The summed E-state index contributed by atoms with van der Waals surface area (Å²) in [6, 6.07) is 10.4. The molecule has 0 aliphatic heterocycles. The van der Waals surface area contributed by atoms with Gasteiger partial charge in [0.15, 0.2) is 11.6 Å². The largest absolute Gasteiger partial charge is 0.393 e. The first-order valence-corrected chi connectivity index (χ1v) is 7.02. The number of para-hydroxylation sites is 1. The monoisotopic (exact) mass is 269 g/mol. The van der Waals surface area contributed by atoms with Crippen LogP contribution in [0.5, 0.6) is 0 Å². The molecule has 0 atom stereocenters. The summed E-state index contributed by atoms with van der Waals surface area (Å²) in [5, 5.41) is 6.64. The highest BCUT2D eigenvalue weighted by Crippen LogP contribution is 2.28. The van der Waals surface area contributed by atoms with Crippen LogP contribution < -0.4 is 16.4 Å². The van der Waals surface area contributed by atoms with Gasteiger partial charge in [0.05, 0.1) is 0 Å². The fraction of sp³-hybridized carbons (Fsp3) is 0.333. The molecule has 1 aromatic heterocycles. The van der Waals surface area contributed by atoms with Crippen molar-refractivity contribution < 1.29 is 0 Å². The van der Waals surface area contributed by atoms with Crippen molar-refractivity contribution in [2.45, 2.75) is 31.7 Å². The Morgan fingerprint density at radius 3 is 2.45 bits per heavy atom. The van der Waals surface area contributed by atoms with Crippen LogP contribution in [0.3, 0.4) is 0 Å². The number of anilines is 4. The van der Waals surface area contributed by atoms with E-state index in [0.717, 1.165) is 11.5 Å². The SMILES string of the molecule is Nc1c(Nc2ccccc2)ncnc1NC1CCCC1. The van der Waals surface area contributed by atoms with Gasteiger partial charge in [-0.2, -0.15) is 0 Å². The highest BCUT2D eigenvalue weighted by Gasteiger charge is 2.17. The zero-order valence-corrected chi connectivity index (χ0v) is 11.3. The number of hydrogen-bond acceptors (Lipinski definition) is 5. The molecule has 0 unspecified atom stereocenters. The lowest BCUT2D eigenvalue weighted by atomic mass is 10.2. The van der Waals surface area contributed by atoms with Gasteiger partial charge in [0.2, 0.25) is 0 Å². The van der Waals surface area contributed by atoms with Crippen LogP contribution >= 0.6 is 0 Å². The summed E-state index contributed by atoms with van der Waals surface area (Å²) >= 11 is 0. The lowest BCUT2D eigenvalue weighted by Gasteiger charge is -2.16. The molecule has 3 rings (SSSR count). The second kappa shape index (κ2) is 5.77. The lowest BCUT2D eigenvalue weighted by Crippen LogP contribution is -2.17. The van der Waals surface area contributed by atoms with E-state index in [-0.39, 0.29) is 0 Å². The van der Waals surface area contributed by atoms with Crippen LogP contribution in [0.15, 0.2) is 36.7 Å². The maximum absolute atomic E-state index is 6.16. The maximum atomic E-state index is 6.16. The van der Waals surface area contributed by atoms with Crippen molar-refractivity contribution in [3.63, 3.8) is 0 Å². The molecular weight excluding hydrogens is 250 g/mol. The van der Waals surface area contributed by atoms with Crippen molar-refractivity contribution >= 4 is 23.0 Å². The number of rotatable bonds is 4. The smallest absolute Gasteiger partial charge is 0.159 e. The third-order valence-electron chi connectivity index (χ3n) is 3.62. The Kier molecular flexibility index (Phi) is 3.67. The van der Waals surface area contributed by atoms with E-state index in [1.807, 2.05) is 30.3 Å². The zero-order valence-electron chi connectivity index (χ0n) is 11.3. The summed E-state index contributed by atoms with van der Waals surface area (Å²) in [5.41, 5.74) is 7.69. The molecule has 104 valence electrons. The fourth-order valence-electron chi connectivity index (χ4n) is 2.53. The molecule has 0 bridgehead atoms. The Morgan fingerprint density at radius 2 is 1.70 bits per heavy atom. The molecule has 0 radical (unpaired) electrons. The predicted molar refractivity (Wildman–Crippen MR) is 82.0 cm³/mol. The Hall–Kier alpha value is -2.30. The Morgan fingerprint density at radius 1 is 1.00 bits per heavy atom. The van der Waals surface area contributed by atoms with Crippen LogP contribution in [0.25, 0.3) is 0 Å². The van der Waals surface area contributed by atoms with Gasteiger partial charge in [-0.15, -0.1) is 0 Å². The lowest BCUT2D eigenvalue weighted by molar-refractivity contribution is 0.750. The van der Waals surface area contributed by atoms with E-state index in [1.165, 1.54) is 25.7 Å². The van der Waals surface area contributed by atoms with Gasteiger partial charge in [0, 0.05) is 11.7 Å². The van der Waals surface area contributed by atoms with Crippen LogP contribution in [-0.4, -0.2) is 16.0 Å². The van der Waals surface area contributed by atoms with Crippen LogP contribution in [0.1, 0.15) is 25.7 Å². The minimum atomic E-state index is 0.483. The first-order valence-electron chi connectivity index (χ1n) is 7.02. The van der Waals surface area contributed by atoms with Crippen LogP contribution in [-0.2, 0) is 0 Å². The first kappa shape index (κ1) is 12.7. The van der Waals surface area contributed by atoms with Gasteiger partial charge in [0.1, 0.15) is 12.0 Å². The van der Waals surface area contributed by atoms with Crippen molar-refractivity contribution in [1.82, 2.24) is 9.97 Å². The Balaban J connectivity index is 1.78. The van der Waals surface area contributed by atoms with Gasteiger partial charge >= 0.3 is 0 Å². The average Bonchev–Trinajstić information content (AvgIpc) is 2.97. The van der Waals surface area contributed by atoms with E-state index >= 15 is 0 Å². The number of aromatic nitrogens is 2. The summed E-state index contributed by atoms with van der Waals surface area (Å²) in [6.07, 6.45) is 6.46. The number of nitrogens with two attached hydrogens (primary N) is 1. The summed E-state index contributed by atoms with van der Waals surface area (Å²) in [5.74, 6) is 1.37. The molecule has 0 saturated heterocycles. The van der Waals surface area contributed by atoms with Crippen LogP contribution in [0.2, 0.25) is 0 Å². The van der Waals surface area contributed by atoms with E-state index in [0.29, 0.717) is 17.5 Å². The molecule has 1 heterocycles. The van der Waals surface area contributed by atoms with E-state index in [1.54, 1.807) is 6.33 Å². The van der Waals surface area contributed by atoms with Crippen LogP contribution in [0, 0.1) is 0 Å². The van der Waals surface area contributed by atoms with Gasteiger partial charge in [0.25, 0.3) is 0 Å². The second-order valence-corrected chi connectivity index (χ2v) is 5.10. The van der Waals surface area contributed by atoms with Crippen molar-refractivity contribution in [2.75, 3.05) is 16.4 Å². The number of nitrogens with zero attached hydrogens (tertiary/aromatic N) is 2. The summed E-state index contributed by atoms with van der Waals surface area (Å²) in [6.45, 7) is 0. The van der Waals surface area contributed by atoms with E-state index in [4.69, 9.17) is 5.73 Å². The molecular formula is C15H19N5. The number of benzene rings is 1. The van der Waals surface area contributed by atoms with Crippen molar-refractivity contribution in [2.24, 2.45) is 0 Å². The van der Waals surface area contributed by atoms with Gasteiger partial charge in [-0.3, -0.25) is 0 Å². The van der Waals surface area contributed by atoms with Gasteiger partial charge in [-0.25, -0.2) is 9.97 Å². The second-order valence-electron chi connectivity index (χ2n) is 5.10. The van der Waals surface area contributed by atoms with Crippen molar-refractivity contribution in [3.8, 4) is 0 Å². The minimum absolute atomic E-state index is 0.483. The topological polar surface area (TPSA) is 75.9 Å². The summed E-state index contributed by atoms with van der Waals surface area (Å²) < 4.78 is 0. The quantitative estimate of drug-likeness (QED) is 0.795. The molecule has 1 saturated carbocycles. The molecule has 0 spiro atoms. The standard InChI is InChI=1S/C15H19N5/c16-13-14(19-11-6-2-1-3-7-11)17-10-18-15(13)20-12-8-4-5-9-12/h1-3,6-7,10,12H,4-5,8-9,16H2,(H2,17,18,19,20). The molecule has 1 aliphatic carbocycles. The minimum Gasteiger partial charge on any atom is -0.393 e. The Bertz CT molecular complexity index is 564. The van der Waals surface area contributed by atoms with E-state index in [9.17, 15) is 0 Å². The Labute approximate surface area is 118 Å². The molecule has 1 aliphatic rings. The molecule has 5 heteroatoms. The summed E-state index contributed by atoms with van der Waals surface area (Å²) in [4.78, 5) is 8.48. The normalized spacial score (nSPS) is 15.2.